The minimum Gasteiger partial charge on any atom is -0.444 e. The molecule has 0 fully saturated rings. The van der Waals surface area contributed by atoms with Crippen molar-refractivity contribution < 1.29 is 9.53 Å². The van der Waals surface area contributed by atoms with Gasteiger partial charge in [0.2, 0.25) is 5.95 Å². The van der Waals surface area contributed by atoms with Crippen LogP contribution in [-0.4, -0.2) is 38.1 Å². The number of fused-ring (bicyclic) bond motifs is 2. The number of hydrogen-bond donors (Lipinski definition) is 1. The molecule has 3 heterocycles. The van der Waals surface area contributed by atoms with E-state index in [0.29, 0.717) is 25.5 Å². The SMILES string of the molecule is CC(C)=Cc1ccc2cnc(Nc3cnc4c(c3)CN(C(=O)OC(C)(C)C)CC4)nc2c1. The van der Waals surface area contributed by atoms with Crippen molar-refractivity contribution in [1.29, 1.82) is 0 Å². The number of allylic oxidation sites excluding steroid dienone is 1. The molecule has 2 aromatic heterocycles. The number of carbonyl (C=O) groups is 1. The summed E-state index contributed by atoms with van der Waals surface area (Å²) in [6, 6.07) is 8.15. The lowest BCUT2D eigenvalue weighted by Crippen LogP contribution is -2.40. The van der Waals surface area contributed by atoms with Gasteiger partial charge in [-0.3, -0.25) is 4.98 Å². The van der Waals surface area contributed by atoms with Crippen LogP contribution < -0.4 is 5.32 Å². The second-order valence-corrected chi connectivity index (χ2v) is 9.34. The number of anilines is 2. The minimum atomic E-state index is -0.516. The van der Waals surface area contributed by atoms with E-state index in [4.69, 9.17) is 4.74 Å². The molecule has 0 saturated heterocycles. The summed E-state index contributed by atoms with van der Waals surface area (Å²) in [6.07, 6.45) is 6.13. The monoisotopic (exact) mass is 431 g/mol. The molecule has 1 N–H and O–H groups in total. The van der Waals surface area contributed by atoms with E-state index in [-0.39, 0.29) is 6.09 Å². The number of rotatable bonds is 3. The first-order valence-corrected chi connectivity index (χ1v) is 10.8. The van der Waals surface area contributed by atoms with Crippen molar-refractivity contribution in [2.45, 2.75) is 53.2 Å². The summed E-state index contributed by atoms with van der Waals surface area (Å²) in [7, 11) is 0. The molecular weight excluding hydrogens is 402 g/mol. The van der Waals surface area contributed by atoms with Gasteiger partial charge in [0.05, 0.1) is 23.9 Å². The lowest BCUT2D eigenvalue weighted by atomic mass is 10.1. The summed E-state index contributed by atoms with van der Waals surface area (Å²) in [5.74, 6) is 0.508. The van der Waals surface area contributed by atoms with Gasteiger partial charge in [0.25, 0.3) is 0 Å². The van der Waals surface area contributed by atoms with Gasteiger partial charge in [-0.15, -0.1) is 0 Å². The molecule has 0 radical (unpaired) electrons. The van der Waals surface area contributed by atoms with Crippen molar-refractivity contribution in [2.24, 2.45) is 0 Å². The Morgan fingerprint density at radius 3 is 2.72 bits per heavy atom. The van der Waals surface area contributed by atoms with Crippen LogP contribution in [0.15, 0.2) is 42.2 Å². The topological polar surface area (TPSA) is 80.2 Å². The number of nitrogens with zero attached hydrogens (tertiary/aromatic N) is 4. The second-order valence-electron chi connectivity index (χ2n) is 9.34. The standard InChI is InChI=1S/C25H29N5O2/c1-16(2)10-17-6-7-18-13-27-23(29-22(18)11-17)28-20-12-19-15-30(9-8-21(19)26-14-20)24(31)32-25(3,4)5/h6-7,10-14H,8-9,15H2,1-5H3,(H,27,28,29). The van der Waals surface area contributed by atoms with Crippen molar-refractivity contribution >= 4 is 34.7 Å². The van der Waals surface area contributed by atoms with Crippen LogP contribution in [0.1, 0.15) is 51.4 Å². The molecule has 0 aliphatic carbocycles. The van der Waals surface area contributed by atoms with Gasteiger partial charge in [-0.25, -0.2) is 14.8 Å². The van der Waals surface area contributed by atoms with E-state index in [1.165, 1.54) is 5.57 Å². The molecule has 0 saturated carbocycles. The van der Waals surface area contributed by atoms with E-state index in [1.54, 1.807) is 11.1 Å². The molecule has 32 heavy (non-hydrogen) atoms. The van der Waals surface area contributed by atoms with Gasteiger partial charge < -0.3 is 15.0 Å². The molecule has 166 valence electrons. The van der Waals surface area contributed by atoms with Crippen LogP contribution in [0.3, 0.4) is 0 Å². The zero-order valence-electron chi connectivity index (χ0n) is 19.3. The minimum absolute atomic E-state index is 0.299. The van der Waals surface area contributed by atoms with E-state index in [9.17, 15) is 4.79 Å². The van der Waals surface area contributed by atoms with Gasteiger partial charge in [-0.05, 0) is 57.9 Å². The lowest BCUT2D eigenvalue weighted by Gasteiger charge is -2.31. The average molecular weight is 432 g/mol. The third kappa shape index (κ3) is 5.22. The molecule has 0 atom stereocenters. The van der Waals surface area contributed by atoms with Crippen molar-refractivity contribution in [3.63, 3.8) is 0 Å². The number of hydrogen-bond acceptors (Lipinski definition) is 6. The third-order valence-electron chi connectivity index (χ3n) is 5.01. The van der Waals surface area contributed by atoms with Crippen LogP contribution in [0.25, 0.3) is 17.0 Å². The van der Waals surface area contributed by atoms with Crippen LogP contribution >= 0.6 is 0 Å². The Labute approximate surface area is 188 Å². The Kier molecular flexibility index (Phi) is 5.82. The number of pyridine rings is 1. The molecular formula is C25H29N5O2. The molecule has 7 heteroatoms. The predicted octanol–water partition coefficient (Wildman–Crippen LogP) is 5.48. The Balaban J connectivity index is 1.53. The summed E-state index contributed by atoms with van der Waals surface area (Å²) in [6.45, 7) is 10.8. The summed E-state index contributed by atoms with van der Waals surface area (Å²) < 4.78 is 5.52. The maximum absolute atomic E-state index is 12.5. The highest BCUT2D eigenvalue weighted by atomic mass is 16.6. The zero-order valence-corrected chi connectivity index (χ0v) is 19.3. The number of nitrogens with one attached hydrogen (secondary N) is 1. The van der Waals surface area contributed by atoms with Gasteiger partial charge in [0, 0.05) is 30.2 Å². The van der Waals surface area contributed by atoms with Gasteiger partial charge >= 0.3 is 6.09 Å². The van der Waals surface area contributed by atoms with Crippen molar-refractivity contribution in [3.05, 3.63) is 59.1 Å². The number of amides is 1. The quantitative estimate of drug-likeness (QED) is 0.591. The Bertz CT molecular complexity index is 1190. The van der Waals surface area contributed by atoms with Crippen molar-refractivity contribution in [3.8, 4) is 0 Å². The highest BCUT2D eigenvalue weighted by Gasteiger charge is 2.26. The van der Waals surface area contributed by atoms with Crippen LogP contribution in [0.2, 0.25) is 0 Å². The maximum atomic E-state index is 12.5. The normalized spacial score (nSPS) is 13.5. The number of benzene rings is 1. The fourth-order valence-electron chi connectivity index (χ4n) is 3.63. The molecule has 1 aliphatic heterocycles. The van der Waals surface area contributed by atoms with E-state index < -0.39 is 5.60 Å². The van der Waals surface area contributed by atoms with Gasteiger partial charge in [0.1, 0.15) is 5.60 Å². The van der Waals surface area contributed by atoms with Gasteiger partial charge in [0.15, 0.2) is 0 Å². The largest absolute Gasteiger partial charge is 0.444 e. The first-order chi connectivity index (χ1) is 15.2. The highest BCUT2D eigenvalue weighted by Crippen LogP contribution is 2.24. The van der Waals surface area contributed by atoms with Crippen LogP contribution in [0.4, 0.5) is 16.4 Å². The Hall–Kier alpha value is -3.48. The lowest BCUT2D eigenvalue weighted by molar-refractivity contribution is 0.0223. The molecule has 0 spiro atoms. The van der Waals surface area contributed by atoms with Crippen LogP contribution in [0, 0.1) is 0 Å². The first kappa shape index (κ1) is 21.7. The van der Waals surface area contributed by atoms with Crippen molar-refractivity contribution in [1.82, 2.24) is 19.9 Å². The highest BCUT2D eigenvalue weighted by molar-refractivity contribution is 5.81. The number of carbonyl (C=O) groups excluding carboxylic acids is 1. The summed E-state index contributed by atoms with van der Waals surface area (Å²) in [5, 5.41) is 4.24. The summed E-state index contributed by atoms with van der Waals surface area (Å²) in [5.41, 5.74) is 5.49. The molecule has 3 aromatic rings. The summed E-state index contributed by atoms with van der Waals surface area (Å²) in [4.78, 5) is 27.9. The molecule has 1 amide bonds. The van der Waals surface area contributed by atoms with E-state index in [2.05, 4.69) is 52.3 Å². The van der Waals surface area contributed by atoms with E-state index in [1.807, 2.05) is 39.1 Å². The molecule has 1 aromatic carbocycles. The smallest absolute Gasteiger partial charge is 0.410 e. The Morgan fingerprint density at radius 1 is 1.16 bits per heavy atom. The average Bonchev–Trinajstić information content (AvgIpc) is 2.71. The molecule has 1 aliphatic rings. The fraction of sp³-hybridized carbons (Fsp3) is 0.360. The Morgan fingerprint density at radius 2 is 1.97 bits per heavy atom. The third-order valence-corrected chi connectivity index (χ3v) is 5.01. The van der Waals surface area contributed by atoms with E-state index in [0.717, 1.165) is 33.4 Å². The molecule has 7 nitrogen and oxygen atoms in total. The first-order valence-electron chi connectivity index (χ1n) is 10.8. The van der Waals surface area contributed by atoms with Gasteiger partial charge in [-0.2, -0.15) is 0 Å². The van der Waals surface area contributed by atoms with Gasteiger partial charge in [-0.1, -0.05) is 23.8 Å². The fourth-order valence-corrected chi connectivity index (χ4v) is 3.63. The molecule has 4 rings (SSSR count). The summed E-state index contributed by atoms with van der Waals surface area (Å²) >= 11 is 0. The maximum Gasteiger partial charge on any atom is 0.410 e. The number of ether oxygens (including phenoxy) is 1. The van der Waals surface area contributed by atoms with E-state index >= 15 is 0 Å². The van der Waals surface area contributed by atoms with Crippen molar-refractivity contribution in [2.75, 3.05) is 11.9 Å². The second kappa shape index (κ2) is 8.57. The molecule has 0 unspecified atom stereocenters. The molecule has 0 bridgehead atoms. The number of aromatic nitrogens is 3. The van der Waals surface area contributed by atoms with Crippen LogP contribution in [0.5, 0.6) is 0 Å². The predicted molar refractivity (Wildman–Crippen MR) is 127 cm³/mol. The van der Waals surface area contributed by atoms with Crippen LogP contribution in [-0.2, 0) is 17.7 Å². The zero-order chi connectivity index (χ0) is 22.9.